The highest BCUT2D eigenvalue weighted by Crippen LogP contribution is 2.48. The van der Waals surface area contributed by atoms with Crippen molar-refractivity contribution >= 4 is 0 Å². The molecule has 1 saturated carbocycles. The summed E-state index contributed by atoms with van der Waals surface area (Å²) in [7, 11) is 0. The van der Waals surface area contributed by atoms with Crippen LogP contribution in [0.4, 0.5) is 0 Å². The van der Waals surface area contributed by atoms with Gasteiger partial charge in [-0.25, -0.2) is 0 Å². The Morgan fingerprint density at radius 3 is 1.80 bits per heavy atom. The number of nitrogens with zero attached hydrogens (tertiary/aromatic N) is 3. The fourth-order valence-electron chi connectivity index (χ4n) is 2.96. The van der Waals surface area contributed by atoms with Gasteiger partial charge in [-0.3, -0.25) is 0 Å². The van der Waals surface area contributed by atoms with Crippen molar-refractivity contribution in [1.29, 1.82) is 0 Å². The Morgan fingerprint density at radius 2 is 1.55 bits per heavy atom. The minimum atomic E-state index is -0.209. The third kappa shape index (κ3) is 9.25. The van der Waals surface area contributed by atoms with Crippen molar-refractivity contribution in [3.8, 4) is 0 Å². The van der Waals surface area contributed by atoms with Gasteiger partial charge in [0.1, 0.15) is 0 Å². The molecule has 118 valence electrons. The van der Waals surface area contributed by atoms with Gasteiger partial charge in [0.15, 0.2) is 0 Å². The number of hydrogen-bond acceptors (Lipinski definition) is 1. The van der Waals surface area contributed by atoms with Gasteiger partial charge in [0.25, 0.3) is 0 Å². The molecule has 1 aliphatic carbocycles. The summed E-state index contributed by atoms with van der Waals surface area (Å²) < 4.78 is 0. The van der Waals surface area contributed by atoms with E-state index in [1.54, 1.807) is 0 Å². The molecule has 3 nitrogen and oxygen atoms in total. The van der Waals surface area contributed by atoms with E-state index >= 15 is 0 Å². The van der Waals surface area contributed by atoms with Crippen molar-refractivity contribution < 1.29 is 0 Å². The molecule has 0 unspecified atom stereocenters. The molecule has 0 saturated heterocycles. The molecule has 0 aromatic rings. The van der Waals surface area contributed by atoms with Crippen LogP contribution in [0.3, 0.4) is 0 Å². The number of azide groups is 1. The number of rotatable bonds is 4. The van der Waals surface area contributed by atoms with Crippen molar-refractivity contribution in [2.45, 2.75) is 93.0 Å². The van der Waals surface area contributed by atoms with Crippen LogP contribution in [-0.2, 0) is 0 Å². The lowest BCUT2D eigenvalue weighted by molar-refractivity contribution is 0.304. The van der Waals surface area contributed by atoms with E-state index in [1.807, 2.05) is 13.8 Å². The highest BCUT2D eigenvalue weighted by Gasteiger charge is 2.35. The molecule has 0 N–H and O–H groups in total. The predicted molar refractivity (Wildman–Crippen MR) is 88.7 cm³/mol. The van der Waals surface area contributed by atoms with Gasteiger partial charge in [-0.05, 0) is 48.0 Å². The van der Waals surface area contributed by atoms with Gasteiger partial charge in [0.05, 0.1) is 0 Å². The molecular formula is C17H35N3. The molecule has 0 aromatic carbocycles. The van der Waals surface area contributed by atoms with Gasteiger partial charge in [-0.2, -0.15) is 0 Å². The Hall–Kier alpha value is -0.690. The van der Waals surface area contributed by atoms with Gasteiger partial charge in [0.2, 0.25) is 0 Å². The molecule has 0 aromatic heterocycles. The van der Waals surface area contributed by atoms with Crippen LogP contribution >= 0.6 is 0 Å². The van der Waals surface area contributed by atoms with Gasteiger partial charge in [0, 0.05) is 10.5 Å². The first-order chi connectivity index (χ1) is 8.89. The molecule has 1 aliphatic rings. The third-order valence-corrected chi connectivity index (χ3v) is 4.08. The average molecular weight is 281 g/mol. The molecule has 0 atom stereocenters. The van der Waals surface area contributed by atoms with E-state index in [0.717, 1.165) is 12.8 Å². The summed E-state index contributed by atoms with van der Waals surface area (Å²) in [6.45, 7) is 17.8. The van der Waals surface area contributed by atoms with Gasteiger partial charge < -0.3 is 0 Å². The van der Waals surface area contributed by atoms with E-state index in [9.17, 15) is 0 Å². The molecule has 1 rings (SSSR count). The highest BCUT2D eigenvalue weighted by atomic mass is 15.2. The summed E-state index contributed by atoms with van der Waals surface area (Å²) in [4.78, 5) is 2.81. The molecular weight excluding hydrogens is 246 g/mol. The normalized spacial score (nSPS) is 20.1. The summed E-state index contributed by atoms with van der Waals surface area (Å²) >= 11 is 0. The van der Waals surface area contributed by atoms with Crippen molar-refractivity contribution in [3.63, 3.8) is 0 Å². The molecule has 1 fully saturated rings. The van der Waals surface area contributed by atoms with Crippen LogP contribution in [0.1, 0.15) is 87.5 Å². The lowest BCUT2D eigenvalue weighted by Crippen LogP contribution is -2.15. The summed E-state index contributed by atoms with van der Waals surface area (Å²) in [6.07, 6.45) is 6.32. The van der Waals surface area contributed by atoms with Crippen LogP contribution in [0.15, 0.2) is 5.11 Å². The fourth-order valence-corrected chi connectivity index (χ4v) is 2.96. The minimum absolute atomic E-state index is 0.209. The molecule has 0 bridgehead atoms. The second kappa shape index (κ2) is 7.36. The van der Waals surface area contributed by atoms with Crippen LogP contribution < -0.4 is 0 Å². The van der Waals surface area contributed by atoms with E-state index in [-0.39, 0.29) is 5.54 Å². The minimum Gasteiger partial charge on any atom is -0.0878 e. The molecule has 0 spiro atoms. The van der Waals surface area contributed by atoms with Crippen LogP contribution in [0.25, 0.3) is 10.4 Å². The first kappa shape index (κ1) is 19.3. The van der Waals surface area contributed by atoms with Crippen molar-refractivity contribution in [2.24, 2.45) is 21.9 Å². The fraction of sp³-hybridized carbons (Fsp3) is 1.00. The second-order valence-corrected chi connectivity index (χ2v) is 8.94. The average Bonchev–Trinajstić information content (AvgIpc) is 2.49. The van der Waals surface area contributed by atoms with Crippen LogP contribution in [0.2, 0.25) is 0 Å². The standard InChI is InChI=1S/C9H18.C8H17N3/c1-8(2)5-6-9(3,4)7-8;1-7(2)5-6-8(3,4)10-11-9/h5-7H2,1-4H3;7H,5-6H2,1-4H3. The van der Waals surface area contributed by atoms with Crippen LogP contribution in [0.5, 0.6) is 0 Å². The molecule has 0 amide bonds. The molecule has 0 heterocycles. The first-order valence-corrected chi connectivity index (χ1v) is 7.95. The number of hydrogen-bond donors (Lipinski definition) is 0. The smallest absolute Gasteiger partial charge is 0.0432 e. The zero-order chi connectivity index (χ0) is 16.0. The second-order valence-electron chi connectivity index (χ2n) is 8.94. The van der Waals surface area contributed by atoms with E-state index in [2.05, 4.69) is 51.6 Å². The Labute approximate surface area is 126 Å². The quantitative estimate of drug-likeness (QED) is 0.311. The van der Waals surface area contributed by atoms with Crippen molar-refractivity contribution in [1.82, 2.24) is 0 Å². The van der Waals surface area contributed by atoms with E-state index < -0.39 is 0 Å². The van der Waals surface area contributed by atoms with Crippen molar-refractivity contribution in [2.75, 3.05) is 0 Å². The maximum absolute atomic E-state index is 8.23. The Balaban J connectivity index is 0.000000367. The predicted octanol–water partition coefficient (Wildman–Crippen LogP) is 6.73. The molecule has 20 heavy (non-hydrogen) atoms. The topological polar surface area (TPSA) is 48.8 Å². The summed E-state index contributed by atoms with van der Waals surface area (Å²) in [5, 5.41) is 3.71. The van der Waals surface area contributed by atoms with Crippen LogP contribution in [0, 0.1) is 16.7 Å². The zero-order valence-corrected chi connectivity index (χ0v) is 15.0. The van der Waals surface area contributed by atoms with Crippen LogP contribution in [-0.4, -0.2) is 5.54 Å². The van der Waals surface area contributed by atoms with E-state index in [1.165, 1.54) is 19.3 Å². The Morgan fingerprint density at radius 1 is 1.10 bits per heavy atom. The van der Waals surface area contributed by atoms with Gasteiger partial charge in [-0.1, -0.05) is 66.9 Å². The molecule has 0 radical (unpaired) electrons. The Kier molecular flexibility index (Phi) is 7.10. The monoisotopic (exact) mass is 281 g/mol. The van der Waals surface area contributed by atoms with Gasteiger partial charge >= 0.3 is 0 Å². The maximum Gasteiger partial charge on any atom is 0.0432 e. The lowest BCUT2D eigenvalue weighted by atomic mass is 9.85. The zero-order valence-electron chi connectivity index (χ0n) is 15.0. The lowest BCUT2D eigenvalue weighted by Gasteiger charge is -2.21. The summed E-state index contributed by atoms with van der Waals surface area (Å²) in [5.41, 5.74) is 9.27. The molecule has 0 aliphatic heterocycles. The SMILES string of the molecule is CC(C)CCC(C)(C)N=[N+]=[N-].CC1(C)CCC(C)(C)C1. The van der Waals surface area contributed by atoms with E-state index in [4.69, 9.17) is 5.53 Å². The molecule has 3 heteroatoms. The third-order valence-electron chi connectivity index (χ3n) is 4.08. The summed E-state index contributed by atoms with van der Waals surface area (Å²) in [5.74, 6) is 0.683. The Bertz CT molecular complexity index is 320. The largest absolute Gasteiger partial charge is 0.0878 e. The van der Waals surface area contributed by atoms with E-state index in [0.29, 0.717) is 16.7 Å². The maximum atomic E-state index is 8.23. The highest BCUT2D eigenvalue weighted by molar-refractivity contribution is 4.87. The van der Waals surface area contributed by atoms with Gasteiger partial charge in [-0.15, -0.1) is 0 Å². The van der Waals surface area contributed by atoms with Crippen molar-refractivity contribution in [3.05, 3.63) is 10.4 Å². The first-order valence-electron chi connectivity index (χ1n) is 7.95. The summed E-state index contributed by atoms with van der Waals surface area (Å²) in [6, 6.07) is 0.